The number of benzene rings is 1. The molecule has 29 heavy (non-hydrogen) atoms. The van der Waals surface area contributed by atoms with Gasteiger partial charge in [-0.3, -0.25) is 4.79 Å². The Hall–Kier alpha value is -2.67. The molecule has 0 spiro atoms. The number of aromatic nitrogens is 2. The van der Waals surface area contributed by atoms with E-state index in [4.69, 9.17) is 0 Å². The minimum Gasteiger partial charge on any atom is -0.372 e. The van der Waals surface area contributed by atoms with Crippen molar-refractivity contribution in [3.63, 3.8) is 0 Å². The van der Waals surface area contributed by atoms with Crippen molar-refractivity contribution in [3.8, 4) is 0 Å². The Morgan fingerprint density at radius 3 is 2.52 bits per heavy atom. The number of amides is 1. The molecule has 0 radical (unpaired) electrons. The highest BCUT2D eigenvalue weighted by molar-refractivity contribution is 6.03. The van der Waals surface area contributed by atoms with Gasteiger partial charge in [-0.25, -0.2) is 9.97 Å². The van der Waals surface area contributed by atoms with Crippen LogP contribution in [0.3, 0.4) is 0 Å². The minimum atomic E-state index is -0.224. The lowest BCUT2D eigenvalue weighted by molar-refractivity contribution is 0.102. The van der Waals surface area contributed by atoms with Gasteiger partial charge in [0.1, 0.15) is 5.69 Å². The van der Waals surface area contributed by atoms with Crippen LogP contribution in [-0.2, 0) is 0 Å². The second kappa shape index (κ2) is 10.2. The molecule has 0 bridgehead atoms. The van der Waals surface area contributed by atoms with E-state index < -0.39 is 0 Å². The van der Waals surface area contributed by atoms with E-state index in [9.17, 15) is 4.79 Å². The number of rotatable bonds is 8. The molecule has 2 heterocycles. The summed E-state index contributed by atoms with van der Waals surface area (Å²) in [7, 11) is 4.09. The van der Waals surface area contributed by atoms with Crippen LogP contribution in [0.15, 0.2) is 30.3 Å². The Balaban J connectivity index is 1.59. The summed E-state index contributed by atoms with van der Waals surface area (Å²) in [6.07, 6.45) is 4.79. The summed E-state index contributed by atoms with van der Waals surface area (Å²) >= 11 is 0. The van der Waals surface area contributed by atoms with Crippen molar-refractivity contribution in [2.75, 3.05) is 55.8 Å². The number of hydrogen-bond donors (Lipinski definition) is 2. The van der Waals surface area contributed by atoms with Gasteiger partial charge in [-0.15, -0.1) is 0 Å². The molecule has 3 rings (SSSR count). The average molecular weight is 397 g/mol. The molecule has 156 valence electrons. The molecule has 2 aromatic rings. The zero-order valence-electron chi connectivity index (χ0n) is 17.7. The van der Waals surface area contributed by atoms with Gasteiger partial charge >= 0.3 is 0 Å². The third-order valence-electron chi connectivity index (χ3n) is 5.00. The van der Waals surface area contributed by atoms with Crippen LogP contribution in [0.25, 0.3) is 0 Å². The summed E-state index contributed by atoms with van der Waals surface area (Å²) in [6.45, 7) is 5.84. The van der Waals surface area contributed by atoms with Gasteiger partial charge < -0.3 is 20.4 Å². The molecule has 1 saturated heterocycles. The van der Waals surface area contributed by atoms with Crippen LogP contribution in [0.4, 0.5) is 17.3 Å². The van der Waals surface area contributed by atoms with Gasteiger partial charge in [0.25, 0.3) is 5.91 Å². The fourth-order valence-corrected chi connectivity index (χ4v) is 3.46. The van der Waals surface area contributed by atoms with Gasteiger partial charge in [-0.2, -0.15) is 0 Å². The number of piperidine rings is 1. The standard InChI is InChI=1S/C22H32N6O/c1-17-16-20(26-22(24-17)23-12-7-13-27(2)3)21(29)25-18-8-10-19(11-9-18)28-14-5-4-6-15-28/h8-11,16H,4-7,12-15H2,1-3H3,(H,25,29)(H,23,24,26). The van der Waals surface area contributed by atoms with Gasteiger partial charge in [0.2, 0.25) is 5.95 Å². The van der Waals surface area contributed by atoms with Gasteiger partial charge in [-0.1, -0.05) is 0 Å². The number of carbonyl (C=O) groups is 1. The van der Waals surface area contributed by atoms with E-state index >= 15 is 0 Å². The summed E-state index contributed by atoms with van der Waals surface area (Å²) in [6, 6.07) is 9.77. The molecule has 7 nitrogen and oxygen atoms in total. The minimum absolute atomic E-state index is 0.224. The summed E-state index contributed by atoms with van der Waals surface area (Å²) in [5.41, 5.74) is 3.12. The number of anilines is 3. The normalized spacial score (nSPS) is 14.1. The van der Waals surface area contributed by atoms with E-state index in [2.05, 4.69) is 42.5 Å². The second-order valence-electron chi connectivity index (χ2n) is 7.85. The maximum Gasteiger partial charge on any atom is 0.274 e. The lowest BCUT2D eigenvalue weighted by atomic mass is 10.1. The van der Waals surface area contributed by atoms with Crippen molar-refractivity contribution in [3.05, 3.63) is 41.7 Å². The third-order valence-corrected chi connectivity index (χ3v) is 5.00. The van der Waals surface area contributed by atoms with Gasteiger partial charge in [-0.05, 0) is 83.6 Å². The largest absolute Gasteiger partial charge is 0.372 e. The van der Waals surface area contributed by atoms with Gasteiger partial charge in [0.15, 0.2) is 0 Å². The zero-order chi connectivity index (χ0) is 20.6. The molecule has 1 amide bonds. The Labute approximate surface area is 173 Å². The van der Waals surface area contributed by atoms with Crippen LogP contribution in [0.2, 0.25) is 0 Å². The second-order valence-corrected chi connectivity index (χ2v) is 7.85. The molecule has 1 aromatic heterocycles. The molecule has 1 aliphatic heterocycles. The predicted molar refractivity (Wildman–Crippen MR) is 119 cm³/mol. The van der Waals surface area contributed by atoms with Crippen molar-refractivity contribution < 1.29 is 4.79 Å². The summed E-state index contributed by atoms with van der Waals surface area (Å²) < 4.78 is 0. The van der Waals surface area contributed by atoms with Crippen molar-refractivity contribution in [2.24, 2.45) is 0 Å². The van der Waals surface area contributed by atoms with Crippen LogP contribution < -0.4 is 15.5 Å². The van der Waals surface area contributed by atoms with Crippen molar-refractivity contribution in [2.45, 2.75) is 32.6 Å². The maximum absolute atomic E-state index is 12.7. The maximum atomic E-state index is 12.7. The Morgan fingerprint density at radius 2 is 1.83 bits per heavy atom. The quantitative estimate of drug-likeness (QED) is 0.667. The molecular weight excluding hydrogens is 364 g/mol. The van der Waals surface area contributed by atoms with Crippen LogP contribution >= 0.6 is 0 Å². The molecular formula is C22H32N6O. The first-order chi connectivity index (χ1) is 14.0. The van der Waals surface area contributed by atoms with Crippen LogP contribution in [0, 0.1) is 6.92 Å². The number of nitrogens with zero attached hydrogens (tertiary/aromatic N) is 4. The highest BCUT2D eigenvalue weighted by Crippen LogP contribution is 2.22. The van der Waals surface area contributed by atoms with E-state index in [0.29, 0.717) is 11.6 Å². The zero-order valence-corrected chi connectivity index (χ0v) is 17.7. The van der Waals surface area contributed by atoms with Gasteiger partial charge in [0.05, 0.1) is 0 Å². The van der Waals surface area contributed by atoms with E-state index in [1.54, 1.807) is 6.07 Å². The van der Waals surface area contributed by atoms with Gasteiger partial charge in [0, 0.05) is 36.7 Å². The highest BCUT2D eigenvalue weighted by atomic mass is 16.1. The molecule has 0 unspecified atom stereocenters. The first kappa shape index (κ1) is 21.0. The number of nitrogens with one attached hydrogen (secondary N) is 2. The fraction of sp³-hybridized carbons (Fsp3) is 0.500. The average Bonchev–Trinajstić information content (AvgIpc) is 2.72. The highest BCUT2D eigenvalue weighted by Gasteiger charge is 2.13. The van der Waals surface area contributed by atoms with Crippen LogP contribution in [-0.4, -0.2) is 61.0 Å². The molecule has 0 aliphatic carbocycles. The first-order valence-electron chi connectivity index (χ1n) is 10.4. The van der Waals surface area contributed by atoms with E-state index in [-0.39, 0.29) is 5.91 Å². The lowest BCUT2D eigenvalue weighted by Crippen LogP contribution is -2.29. The topological polar surface area (TPSA) is 73.4 Å². The number of hydrogen-bond acceptors (Lipinski definition) is 6. The van der Waals surface area contributed by atoms with Crippen LogP contribution in [0.5, 0.6) is 0 Å². The molecule has 1 aliphatic rings. The Morgan fingerprint density at radius 1 is 1.10 bits per heavy atom. The molecule has 7 heteroatoms. The summed E-state index contributed by atoms with van der Waals surface area (Å²) in [5.74, 6) is 0.270. The molecule has 1 aromatic carbocycles. The number of carbonyl (C=O) groups excluding carboxylic acids is 1. The monoisotopic (exact) mass is 396 g/mol. The fourth-order valence-electron chi connectivity index (χ4n) is 3.46. The lowest BCUT2D eigenvalue weighted by Gasteiger charge is -2.28. The van der Waals surface area contributed by atoms with E-state index in [1.165, 1.54) is 24.9 Å². The Kier molecular flexibility index (Phi) is 7.41. The summed E-state index contributed by atoms with van der Waals surface area (Å²) in [4.78, 5) is 26.0. The summed E-state index contributed by atoms with van der Waals surface area (Å²) in [5, 5.41) is 6.15. The Bertz CT molecular complexity index is 799. The SMILES string of the molecule is Cc1cc(C(=O)Nc2ccc(N3CCCCC3)cc2)nc(NCCCN(C)C)n1. The van der Waals surface area contributed by atoms with Crippen molar-refractivity contribution >= 4 is 23.2 Å². The van der Waals surface area contributed by atoms with E-state index in [1.807, 2.05) is 33.2 Å². The van der Waals surface area contributed by atoms with Crippen LogP contribution in [0.1, 0.15) is 41.9 Å². The van der Waals surface area contributed by atoms with Crippen molar-refractivity contribution in [1.29, 1.82) is 0 Å². The molecule has 0 atom stereocenters. The smallest absolute Gasteiger partial charge is 0.274 e. The van der Waals surface area contributed by atoms with E-state index in [0.717, 1.165) is 44.0 Å². The predicted octanol–water partition coefficient (Wildman–Crippen LogP) is 3.39. The third kappa shape index (κ3) is 6.42. The molecule has 2 N–H and O–H groups in total. The van der Waals surface area contributed by atoms with Crippen molar-refractivity contribution in [1.82, 2.24) is 14.9 Å². The molecule has 0 saturated carbocycles. The molecule has 1 fully saturated rings. The first-order valence-corrected chi connectivity index (χ1v) is 10.4. The number of aryl methyl sites for hydroxylation is 1.